The molecule has 2 aliphatic heterocycles. The summed E-state index contributed by atoms with van der Waals surface area (Å²) in [7, 11) is 2.94. The van der Waals surface area contributed by atoms with Crippen LogP contribution in [-0.2, 0) is 60.7 Å². The molecule has 6 atom stereocenters. The first-order valence-corrected chi connectivity index (χ1v) is 23.3. The average Bonchev–Trinajstić information content (AvgIpc) is 3.60. The van der Waals surface area contributed by atoms with Crippen LogP contribution in [0.25, 0.3) is 0 Å². The van der Waals surface area contributed by atoms with Crippen molar-refractivity contribution in [2.45, 2.75) is 76.8 Å². The van der Waals surface area contributed by atoms with Gasteiger partial charge in [-0.15, -0.1) is 0 Å². The molecule has 25 heteroatoms. The number of hydrogen-bond donors (Lipinski definition) is 8. The second-order valence-corrected chi connectivity index (χ2v) is 16.6. The van der Waals surface area contributed by atoms with Crippen molar-refractivity contribution in [3.63, 3.8) is 0 Å². The standard InChI is InChI=1S/C48H61N7O18.CH3/c1-5-71-46-31(25-49)32(50)24-36(53-39(58)23-29-22-30(66-3)7-9-34(29)67-4)55(46)26-28-6-8-35(72-48-43(62)41(60)42(61)44(73-48)47(64)65)33(21-28)52-38(57)10-12-51-37(56)11-14-68-16-18-70-19-17-69-15-13-54-40(59)20-27(2)45(54)63;/h6-9,21-22,24,27,41-44,48,60-62H,5,10-20,23,26H2,1-4H3,(H5,50,51,52,53,56,57,58,64,65);1H3/q;-1/p+1/t27?,41-,42-,43+,44-,48+;/m0./s1. The number of anilines is 3. The zero-order valence-electron chi connectivity index (χ0n) is 41.8. The summed E-state index contributed by atoms with van der Waals surface area (Å²) in [5.74, 6) is -3.09. The summed E-state index contributed by atoms with van der Waals surface area (Å²) in [6.45, 7) is 4.55. The highest BCUT2D eigenvalue weighted by Gasteiger charge is 2.48. The number of aliphatic carboxylic acids is 1. The first-order chi connectivity index (χ1) is 35.0. The number of methoxy groups -OCH3 is 2. The van der Waals surface area contributed by atoms with Crippen molar-refractivity contribution in [1.29, 1.82) is 5.26 Å². The maximum atomic E-state index is 13.7. The number of benzene rings is 2. The smallest absolute Gasteiger partial charge is 0.335 e. The van der Waals surface area contributed by atoms with E-state index in [0.29, 0.717) is 22.6 Å². The van der Waals surface area contributed by atoms with Crippen LogP contribution in [0.1, 0.15) is 49.8 Å². The van der Waals surface area contributed by atoms with Gasteiger partial charge in [0.15, 0.2) is 11.7 Å². The molecule has 2 aromatic carbocycles. The largest absolute Gasteiger partial charge is 0.497 e. The number of carboxylic acid groups (broad SMARTS) is 1. The van der Waals surface area contributed by atoms with Gasteiger partial charge in [-0.1, -0.05) is 13.0 Å². The highest BCUT2D eigenvalue weighted by Crippen LogP contribution is 2.33. The lowest BCUT2D eigenvalue weighted by Crippen LogP contribution is -2.61. The van der Waals surface area contributed by atoms with E-state index in [-0.39, 0.29) is 151 Å². The molecule has 74 heavy (non-hydrogen) atoms. The first-order valence-electron chi connectivity index (χ1n) is 23.3. The van der Waals surface area contributed by atoms with E-state index in [0.717, 1.165) is 0 Å². The molecule has 5 rings (SSSR count). The third kappa shape index (κ3) is 16.2. The third-order valence-corrected chi connectivity index (χ3v) is 11.4. The van der Waals surface area contributed by atoms with Gasteiger partial charge in [-0.05, 0) is 42.8 Å². The highest BCUT2D eigenvalue weighted by molar-refractivity contribution is 6.03. The van der Waals surface area contributed by atoms with Gasteiger partial charge in [-0.3, -0.25) is 24.1 Å². The van der Waals surface area contributed by atoms with Crippen LogP contribution in [0.2, 0.25) is 0 Å². The number of aliphatic hydroxyl groups excluding tert-OH is 3. The number of carboxylic acids is 1. The summed E-state index contributed by atoms with van der Waals surface area (Å²) in [5, 5.41) is 59.3. The molecule has 3 heterocycles. The number of pyridine rings is 1. The van der Waals surface area contributed by atoms with Crippen LogP contribution in [0.5, 0.6) is 23.1 Å². The van der Waals surface area contributed by atoms with Crippen LogP contribution in [0.4, 0.5) is 17.2 Å². The Hall–Kier alpha value is -7.18. The zero-order valence-corrected chi connectivity index (χ0v) is 41.8. The van der Waals surface area contributed by atoms with Crippen LogP contribution < -0.4 is 45.2 Å². The minimum atomic E-state index is -2.01. The Labute approximate surface area is 427 Å². The van der Waals surface area contributed by atoms with Crippen LogP contribution in [-0.4, -0.2) is 165 Å². The van der Waals surface area contributed by atoms with Crippen LogP contribution in [0.3, 0.4) is 0 Å². The topological polar surface area (TPSA) is 350 Å². The van der Waals surface area contributed by atoms with Crippen molar-refractivity contribution in [2.24, 2.45) is 5.92 Å². The normalized spacial score (nSPS) is 19.2. The molecule has 2 aliphatic rings. The summed E-state index contributed by atoms with van der Waals surface area (Å²) in [6, 6.07) is 12.7. The number of hydrogen-bond acceptors (Lipinski definition) is 19. The number of carbonyl (C=O) groups is 6. The number of nitrogen functional groups attached to an aromatic ring is 1. The number of nitrogens with two attached hydrogens (primary N) is 1. The maximum Gasteiger partial charge on any atom is 0.335 e. The summed E-state index contributed by atoms with van der Waals surface area (Å²) < 4.78 is 45.7. The molecule has 1 unspecified atom stereocenters. The second-order valence-electron chi connectivity index (χ2n) is 16.6. The van der Waals surface area contributed by atoms with Gasteiger partial charge in [-0.25, -0.2) is 14.9 Å². The maximum absolute atomic E-state index is 13.7. The molecule has 2 saturated heterocycles. The van der Waals surface area contributed by atoms with E-state index in [1.807, 2.05) is 6.07 Å². The van der Waals surface area contributed by atoms with Crippen LogP contribution >= 0.6 is 0 Å². The molecule has 2 fully saturated rings. The molecule has 0 bridgehead atoms. The lowest BCUT2D eigenvalue weighted by molar-refractivity contribution is -0.679. The highest BCUT2D eigenvalue weighted by atomic mass is 16.7. The van der Waals surface area contributed by atoms with Gasteiger partial charge in [0.1, 0.15) is 48.2 Å². The number of amides is 5. The average molecular weight is 1040 g/mol. The number of carbonyl (C=O) groups excluding carboxylic acids is 5. The summed E-state index contributed by atoms with van der Waals surface area (Å²) in [6.07, 6.45) is -10.1. The number of likely N-dealkylation sites (tertiary alicyclic amines) is 1. The molecule has 404 valence electrons. The van der Waals surface area contributed by atoms with Crippen molar-refractivity contribution < 1.29 is 91.7 Å². The van der Waals surface area contributed by atoms with Gasteiger partial charge in [0.2, 0.25) is 29.9 Å². The van der Waals surface area contributed by atoms with E-state index in [1.165, 1.54) is 48.0 Å². The van der Waals surface area contributed by atoms with Crippen molar-refractivity contribution in [2.75, 3.05) is 89.9 Å². The first kappa shape index (κ1) is 59.4. The lowest BCUT2D eigenvalue weighted by atomic mass is 9.99. The second kappa shape index (κ2) is 28.9. The van der Waals surface area contributed by atoms with Gasteiger partial charge in [-0.2, -0.15) is 9.83 Å². The molecule has 0 aliphatic carbocycles. The quantitative estimate of drug-likeness (QED) is 0.0206. The predicted molar refractivity (Wildman–Crippen MR) is 260 cm³/mol. The van der Waals surface area contributed by atoms with Crippen molar-refractivity contribution in [1.82, 2.24) is 10.2 Å². The fraction of sp³-hybridized carbons (Fsp3) is 0.490. The SMILES string of the molecule is CCOc1c(C#N)c(N)cc(NC(=O)Cc2cc(OC)ccc2OC)[n+]1Cc1ccc(O[C@@H]2O[C@H](C(=O)O)[C@@H](O)[C@H](O)[C@H]2O)c(NC(=O)CCNC(=O)CCOCCOCCOCCN2C(=O)CC(C)C2=O)c1.[CH3-]. The number of nitrogens with one attached hydrogen (secondary N) is 3. The molecule has 0 saturated carbocycles. The fourth-order valence-corrected chi connectivity index (χ4v) is 7.60. The molecular weight excluding hydrogens is 975 g/mol. The molecule has 5 amide bonds. The zero-order chi connectivity index (χ0) is 53.2. The molecular formula is C49H65N7O18. The Balaban J connectivity index is 0.0000119. The minimum Gasteiger partial charge on any atom is -0.497 e. The van der Waals surface area contributed by atoms with Gasteiger partial charge < -0.3 is 82.1 Å². The summed E-state index contributed by atoms with van der Waals surface area (Å²) in [4.78, 5) is 76.6. The Morgan fingerprint density at radius 2 is 1.55 bits per heavy atom. The van der Waals surface area contributed by atoms with Gasteiger partial charge >= 0.3 is 17.8 Å². The Morgan fingerprint density at radius 3 is 2.19 bits per heavy atom. The third-order valence-electron chi connectivity index (χ3n) is 11.4. The van der Waals surface area contributed by atoms with Gasteiger partial charge in [0.25, 0.3) is 5.82 Å². The van der Waals surface area contributed by atoms with E-state index in [1.54, 1.807) is 32.0 Å². The number of nitrogens with zero attached hydrogens (tertiary/aromatic N) is 3. The van der Waals surface area contributed by atoms with Crippen LogP contribution in [0, 0.1) is 24.7 Å². The Kier molecular flexibility index (Phi) is 23.2. The number of aliphatic hydroxyl groups is 3. The Morgan fingerprint density at radius 1 is 0.865 bits per heavy atom. The molecule has 1 aromatic heterocycles. The monoisotopic (exact) mass is 1040 g/mol. The molecule has 9 N–H and O–H groups in total. The summed E-state index contributed by atoms with van der Waals surface area (Å²) >= 11 is 0. The van der Waals surface area contributed by atoms with Crippen molar-refractivity contribution in [3.05, 3.63) is 66.6 Å². The number of nitriles is 1. The van der Waals surface area contributed by atoms with E-state index >= 15 is 0 Å². The predicted octanol–water partition coefficient (Wildman–Crippen LogP) is 0.0744. The number of rotatable bonds is 28. The Bertz CT molecular complexity index is 2490. The molecule has 0 spiro atoms. The minimum absolute atomic E-state index is 0. The lowest BCUT2D eigenvalue weighted by Gasteiger charge is -2.38. The van der Waals surface area contributed by atoms with Gasteiger partial charge in [0, 0.05) is 37.3 Å². The van der Waals surface area contributed by atoms with E-state index in [2.05, 4.69) is 16.0 Å². The molecule has 0 radical (unpaired) electrons. The number of imide groups is 1. The number of ether oxygens (including phenoxy) is 8. The molecule has 3 aromatic rings. The van der Waals surface area contributed by atoms with E-state index in [4.69, 9.17) is 43.6 Å². The fourth-order valence-electron chi connectivity index (χ4n) is 7.60. The number of aromatic nitrogens is 1. The van der Waals surface area contributed by atoms with Crippen LogP contribution in [0.15, 0.2) is 42.5 Å². The van der Waals surface area contributed by atoms with Crippen molar-refractivity contribution >= 4 is 52.7 Å². The summed E-state index contributed by atoms with van der Waals surface area (Å²) in [5.41, 5.74) is 7.09. The van der Waals surface area contributed by atoms with E-state index < -0.39 is 54.4 Å². The van der Waals surface area contributed by atoms with Gasteiger partial charge in [0.05, 0.1) is 90.9 Å². The molecule has 25 nitrogen and oxygen atoms in total. The van der Waals surface area contributed by atoms with Crippen molar-refractivity contribution in [3.8, 4) is 29.2 Å². The van der Waals surface area contributed by atoms with E-state index in [9.17, 15) is 54.5 Å².